The molecule has 1 aliphatic heterocycles. The zero-order valence-electron chi connectivity index (χ0n) is 16.0. The second-order valence-electron chi connectivity index (χ2n) is 7.46. The Morgan fingerprint density at radius 1 is 1.17 bits per heavy atom. The number of anilines is 2. The highest BCUT2D eigenvalue weighted by atomic mass is 35.5. The summed E-state index contributed by atoms with van der Waals surface area (Å²) in [5.41, 5.74) is 7.36. The van der Waals surface area contributed by atoms with Crippen LogP contribution in [-0.2, 0) is 4.79 Å². The van der Waals surface area contributed by atoms with Gasteiger partial charge in [-0.15, -0.1) is 0 Å². The molecule has 1 aliphatic rings. The highest BCUT2D eigenvalue weighted by molar-refractivity contribution is 6.39. The Morgan fingerprint density at radius 3 is 2.38 bits per heavy atom. The Kier molecular flexibility index (Phi) is 7.14. The average molecular weight is 459 g/mol. The number of carbonyl (C=O) groups is 1. The number of hydrogen-bond donors (Lipinski definition) is 2. The van der Waals surface area contributed by atoms with Crippen molar-refractivity contribution in [3.63, 3.8) is 0 Å². The number of halogens is 4. The molecule has 3 N–H and O–H groups in total. The van der Waals surface area contributed by atoms with Crippen LogP contribution in [0.5, 0.6) is 0 Å². The minimum Gasteiger partial charge on any atom is -0.396 e. The van der Waals surface area contributed by atoms with E-state index < -0.39 is 11.7 Å². The molecule has 29 heavy (non-hydrogen) atoms. The van der Waals surface area contributed by atoms with Crippen LogP contribution in [0.4, 0.5) is 15.8 Å². The van der Waals surface area contributed by atoms with Crippen molar-refractivity contribution in [2.24, 2.45) is 5.92 Å². The van der Waals surface area contributed by atoms with Crippen molar-refractivity contribution in [2.45, 2.75) is 25.7 Å². The SMILES string of the molecule is CC1CCN(C(=O)C(CNc2ccc(F)cc2Cl)c2cc(Cl)c(N)c(Cl)c2)CC1. The number of amides is 1. The summed E-state index contributed by atoms with van der Waals surface area (Å²) in [5.74, 6) is -0.374. The van der Waals surface area contributed by atoms with E-state index in [0.717, 1.165) is 12.8 Å². The molecule has 2 aromatic carbocycles. The molecule has 0 aliphatic carbocycles. The van der Waals surface area contributed by atoms with E-state index in [4.69, 9.17) is 40.5 Å². The highest BCUT2D eigenvalue weighted by Crippen LogP contribution is 2.34. The normalized spacial score (nSPS) is 16.0. The van der Waals surface area contributed by atoms with Gasteiger partial charge in [0.05, 0.1) is 32.4 Å². The van der Waals surface area contributed by atoms with Crippen LogP contribution in [0.3, 0.4) is 0 Å². The van der Waals surface area contributed by atoms with E-state index in [9.17, 15) is 9.18 Å². The number of rotatable bonds is 5. The minimum absolute atomic E-state index is 0.0143. The first-order valence-corrected chi connectivity index (χ1v) is 10.6. The van der Waals surface area contributed by atoms with E-state index in [2.05, 4.69) is 12.2 Å². The minimum atomic E-state index is -0.542. The molecule has 1 heterocycles. The van der Waals surface area contributed by atoms with Crippen molar-refractivity contribution >= 4 is 52.1 Å². The standard InChI is InChI=1S/C21H23Cl3FN3O/c1-12-4-6-28(7-5-12)21(29)15(13-8-17(23)20(26)18(24)9-13)11-27-19-3-2-14(25)10-16(19)22/h2-3,8-10,12,15,27H,4-7,11,26H2,1H3. The second-order valence-corrected chi connectivity index (χ2v) is 8.69. The van der Waals surface area contributed by atoms with Crippen molar-refractivity contribution in [2.75, 3.05) is 30.7 Å². The monoisotopic (exact) mass is 457 g/mol. The van der Waals surface area contributed by atoms with Crippen molar-refractivity contribution in [1.82, 2.24) is 4.90 Å². The first-order chi connectivity index (χ1) is 13.8. The molecule has 0 aromatic heterocycles. The first kappa shape index (κ1) is 22.0. The molecule has 156 valence electrons. The van der Waals surface area contributed by atoms with Gasteiger partial charge in [-0.05, 0) is 54.7 Å². The van der Waals surface area contributed by atoms with Gasteiger partial charge in [0.25, 0.3) is 0 Å². The Labute approximate surface area is 185 Å². The van der Waals surface area contributed by atoms with Crippen LogP contribution in [0.25, 0.3) is 0 Å². The van der Waals surface area contributed by atoms with Crippen molar-refractivity contribution < 1.29 is 9.18 Å². The lowest BCUT2D eigenvalue weighted by molar-refractivity contribution is -0.133. The lowest BCUT2D eigenvalue weighted by Gasteiger charge is -2.33. The van der Waals surface area contributed by atoms with Crippen LogP contribution in [0.15, 0.2) is 30.3 Å². The van der Waals surface area contributed by atoms with Gasteiger partial charge < -0.3 is 16.0 Å². The first-order valence-electron chi connectivity index (χ1n) is 9.48. The number of likely N-dealkylation sites (tertiary alicyclic amines) is 1. The molecule has 0 saturated carbocycles. The number of benzene rings is 2. The van der Waals surface area contributed by atoms with E-state index >= 15 is 0 Å². The Morgan fingerprint density at radius 2 is 1.79 bits per heavy atom. The summed E-state index contributed by atoms with van der Waals surface area (Å²) < 4.78 is 13.3. The van der Waals surface area contributed by atoms with Gasteiger partial charge in [-0.3, -0.25) is 4.79 Å². The fraction of sp³-hybridized carbons (Fsp3) is 0.381. The molecular weight excluding hydrogens is 436 g/mol. The lowest BCUT2D eigenvalue weighted by atomic mass is 9.93. The van der Waals surface area contributed by atoms with Gasteiger partial charge in [0.15, 0.2) is 0 Å². The second kappa shape index (κ2) is 9.41. The summed E-state index contributed by atoms with van der Waals surface area (Å²) in [7, 11) is 0. The summed E-state index contributed by atoms with van der Waals surface area (Å²) in [6, 6.07) is 7.43. The molecule has 3 rings (SSSR count). The molecular formula is C21H23Cl3FN3O. The summed E-state index contributed by atoms with van der Waals surface area (Å²) >= 11 is 18.5. The van der Waals surface area contributed by atoms with Crippen LogP contribution in [0.2, 0.25) is 15.1 Å². The lowest BCUT2D eigenvalue weighted by Crippen LogP contribution is -2.42. The van der Waals surface area contributed by atoms with E-state index in [-0.39, 0.29) is 23.2 Å². The zero-order valence-corrected chi connectivity index (χ0v) is 18.3. The average Bonchev–Trinajstić information content (AvgIpc) is 2.68. The van der Waals surface area contributed by atoms with E-state index in [1.165, 1.54) is 12.1 Å². The zero-order chi connectivity index (χ0) is 21.1. The van der Waals surface area contributed by atoms with Gasteiger partial charge in [0.1, 0.15) is 5.82 Å². The molecule has 0 spiro atoms. The van der Waals surface area contributed by atoms with E-state index in [1.807, 2.05) is 4.90 Å². The smallest absolute Gasteiger partial charge is 0.231 e. The molecule has 1 saturated heterocycles. The summed E-state index contributed by atoms with van der Waals surface area (Å²) in [4.78, 5) is 15.2. The van der Waals surface area contributed by atoms with Gasteiger partial charge in [0, 0.05) is 19.6 Å². The third-order valence-corrected chi connectivity index (χ3v) is 6.26. The van der Waals surface area contributed by atoms with Gasteiger partial charge in [-0.25, -0.2) is 4.39 Å². The maximum atomic E-state index is 13.3. The van der Waals surface area contributed by atoms with Crippen molar-refractivity contribution in [3.8, 4) is 0 Å². The Balaban J connectivity index is 1.87. The number of piperidine rings is 1. The van der Waals surface area contributed by atoms with Crippen LogP contribution >= 0.6 is 34.8 Å². The fourth-order valence-electron chi connectivity index (χ4n) is 3.45. The number of carbonyl (C=O) groups excluding carboxylic acids is 1. The fourth-order valence-corrected chi connectivity index (χ4v) is 4.19. The van der Waals surface area contributed by atoms with Gasteiger partial charge in [0.2, 0.25) is 5.91 Å². The predicted octanol–water partition coefficient (Wildman–Crippen LogP) is 5.82. The van der Waals surface area contributed by atoms with E-state index in [0.29, 0.717) is 40.3 Å². The molecule has 4 nitrogen and oxygen atoms in total. The van der Waals surface area contributed by atoms with E-state index in [1.54, 1.807) is 18.2 Å². The number of nitrogen functional groups attached to an aromatic ring is 1. The molecule has 1 fully saturated rings. The number of nitrogens with zero attached hydrogens (tertiary/aromatic N) is 1. The third kappa shape index (κ3) is 5.27. The third-order valence-electron chi connectivity index (χ3n) is 5.32. The molecule has 0 radical (unpaired) electrons. The summed E-state index contributed by atoms with van der Waals surface area (Å²) in [6.07, 6.45) is 1.94. The van der Waals surface area contributed by atoms with Crippen molar-refractivity contribution in [3.05, 3.63) is 56.8 Å². The van der Waals surface area contributed by atoms with Gasteiger partial charge in [-0.2, -0.15) is 0 Å². The maximum absolute atomic E-state index is 13.3. The molecule has 0 bridgehead atoms. The Bertz CT molecular complexity index is 878. The molecule has 8 heteroatoms. The highest BCUT2D eigenvalue weighted by Gasteiger charge is 2.29. The predicted molar refractivity (Wildman–Crippen MR) is 118 cm³/mol. The van der Waals surface area contributed by atoms with Crippen LogP contribution in [0.1, 0.15) is 31.2 Å². The van der Waals surface area contributed by atoms with Gasteiger partial charge >= 0.3 is 0 Å². The molecule has 2 aromatic rings. The topological polar surface area (TPSA) is 58.4 Å². The maximum Gasteiger partial charge on any atom is 0.231 e. The number of hydrogen-bond acceptors (Lipinski definition) is 3. The van der Waals surface area contributed by atoms with Crippen LogP contribution in [0, 0.1) is 11.7 Å². The summed E-state index contributed by atoms with van der Waals surface area (Å²) in [6.45, 7) is 3.87. The largest absolute Gasteiger partial charge is 0.396 e. The van der Waals surface area contributed by atoms with Crippen LogP contribution in [-0.4, -0.2) is 30.4 Å². The number of nitrogens with one attached hydrogen (secondary N) is 1. The van der Waals surface area contributed by atoms with Crippen LogP contribution < -0.4 is 11.1 Å². The molecule has 1 unspecified atom stereocenters. The number of nitrogens with two attached hydrogens (primary N) is 1. The summed E-state index contributed by atoms with van der Waals surface area (Å²) in [5, 5.41) is 4.01. The molecule has 1 amide bonds. The van der Waals surface area contributed by atoms with Gasteiger partial charge in [-0.1, -0.05) is 41.7 Å². The Hall–Kier alpha value is -1.69. The quantitative estimate of drug-likeness (QED) is 0.555. The van der Waals surface area contributed by atoms with Crippen molar-refractivity contribution in [1.29, 1.82) is 0 Å². The molecule has 1 atom stereocenters.